The van der Waals surface area contributed by atoms with Gasteiger partial charge in [-0.3, -0.25) is 5.32 Å². The summed E-state index contributed by atoms with van der Waals surface area (Å²) in [5, 5.41) is 10.7. The van der Waals surface area contributed by atoms with Crippen molar-refractivity contribution in [3.8, 4) is 6.19 Å². The van der Waals surface area contributed by atoms with Crippen molar-refractivity contribution in [2.45, 2.75) is 0 Å². The predicted octanol–water partition coefficient (Wildman–Crippen LogP) is 0.436. The van der Waals surface area contributed by atoms with Crippen molar-refractivity contribution >= 4 is 11.6 Å². The highest BCUT2D eigenvalue weighted by molar-refractivity contribution is 5.49. The summed E-state index contributed by atoms with van der Waals surface area (Å²) in [7, 11) is 3.75. The fourth-order valence-corrected chi connectivity index (χ4v) is 0.717. The highest BCUT2D eigenvalue weighted by Crippen LogP contribution is 2.09. The van der Waals surface area contributed by atoms with Crippen LogP contribution in [0.25, 0.3) is 0 Å². The molecule has 0 bridgehead atoms. The van der Waals surface area contributed by atoms with Crippen LogP contribution in [0.4, 0.5) is 11.6 Å². The zero-order valence-electron chi connectivity index (χ0n) is 6.94. The van der Waals surface area contributed by atoms with Gasteiger partial charge in [-0.2, -0.15) is 5.26 Å². The van der Waals surface area contributed by atoms with Gasteiger partial charge in [0.15, 0.2) is 6.19 Å². The van der Waals surface area contributed by atoms with Crippen LogP contribution < -0.4 is 10.2 Å². The van der Waals surface area contributed by atoms with Gasteiger partial charge in [0, 0.05) is 20.2 Å². The second-order valence-corrected chi connectivity index (χ2v) is 2.39. The van der Waals surface area contributed by atoms with Crippen LogP contribution in [0.15, 0.2) is 12.4 Å². The van der Waals surface area contributed by atoms with E-state index in [1.54, 1.807) is 12.3 Å². The lowest BCUT2D eigenvalue weighted by Crippen LogP contribution is -2.11. The van der Waals surface area contributed by atoms with Crippen molar-refractivity contribution in [1.29, 1.82) is 5.26 Å². The van der Waals surface area contributed by atoms with Gasteiger partial charge in [-0.05, 0) is 0 Å². The van der Waals surface area contributed by atoms with Crippen LogP contribution in [0.1, 0.15) is 0 Å². The van der Waals surface area contributed by atoms with Gasteiger partial charge in [-0.15, -0.1) is 0 Å². The molecule has 5 heteroatoms. The zero-order chi connectivity index (χ0) is 8.97. The van der Waals surface area contributed by atoms with E-state index in [0.717, 1.165) is 5.82 Å². The Labute approximate surface area is 70.7 Å². The minimum absolute atomic E-state index is 0.510. The third-order valence-electron chi connectivity index (χ3n) is 1.29. The molecule has 1 aromatic rings. The molecular weight excluding hydrogens is 154 g/mol. The second-order valence-electron chi connectivity index (χ2n) is 2.39. The molecule has 0 saturated carbocycles. The molecule has 1 heterocycles. The van der Waals surface area contributed by atoms with Gasteiger partial charge in [0.2, 0.25) is 0 Å². The molecule has 1 N–H and O–H groups in total. The molecule has 5 nitrogen and oxygen atoms in total. The van der Waals surface area contributed by atoms with Gasteiger partial charge < -0.3 is 4.90 Å². The Morgan fingerprint density at radius 2 is 2.25 bits per heavy atom. The van der Waals surface area contributed by atoms with Crippen LogP contribution in [-0.4, -0.2) is 24.1 Å². The third-order valence-corrected chi connectivity index (χ3v) is 1.29. The SMILES string of the molecule is CN(C)c1cc(NC#N)ncn1. The minimum Gasteiger partial charge on any atom is -0.363 e. The molecule has 0 aromatic carbocycles. The first-order valence-electron chi connectivity index (χ1n) is 3.38. The Bertz CT molecular complexity index is 301. The molecule has 0 aliphatic rings. The zero-order valence-corrected chi connectivity index (χ0v) is 6.94. The molecule has 0 aliphatic heterocycles. The van der Waals surface area contributed by atoms with Crippen molar-refractivity contribution in [1.82, 2.24) is 9.97 Å². The van der Waals surface area contributed by atoms with Crippen molar-refractivity contribution < 1.29 is 0 Å². The van der Waals surface area contributed by atoms with E-state index < -0.39 is 0 Å². The van der Waals surface area contributed by atoms with E-state index >= 15 is 0 Å². The first-order chi connectivity index (χ1) is 5.74. The van der Waals surface area contributed by atoms with E-state index in [2.05, 4.69) is 15.3 Å². The van der Waals surface area contributed by atoms with E-state index in [9.17, 15) is 0 Å². The third kappa shape index (κ3) is 1.83. The quantitative estimate of drug-likeness (QED) is 0.506. The number of rotatable bonds is 2. The Morgan fingerprint density at radius 3 is 2.83 bits per heavy atom. The van der Waals surface area contributed by atoms with Crippen LogP contribution in [0, 0.1) is 11.5 Å². The molecular formula is C7H9N5. The lowest BCUT2D eigenvalue weighted by atomic mass is 10.5. The molecule has 0 saturated heterocycles. The van der Waals surface area contributed by atoms with Crippen LogP contribution >= 0.6 is 0 Å². The van der Waals surface area contributed by atoms with Crippen molar-refractivity contribution in [3.63, 3.8) is 0 Å². The van der Waals surface area contributed by atoms with E-state index in [1.165, 1.54) is 6.33 Å². The largest absolute Gasteiger partial charge is 0.363 e. The Hall–Kier alpha value is -1.83. The molecule has 0 fully saturated rings. The first-order valence-corrected chi connectivity index (χ1v) is 3.38. The van der Waals surface area contributed by atoms with Crippen LogP contribution in [-0.2, 0) is 0 Å². The minimum atomic E-state index is 0.510. The smallest absolute Gasteiger partial charge is 0.182 e. The summed E-state index contributed by atoms with van der Waals surface area (Å²) in [5.74, 6) is 1.28. The molecule has 12 heavy (non-hydrogen) atoms. The fraction of sp³-hybridized carbons (Fsp3) is 0.286. The topological polar surface area (TPSA) is 64.8 Å². The summed E-state index contributed by atoms with van der Waals surface area (Å²) in [6.07, 6.45) is 3.20. The lowest BCUT2D eigenvalue weighted by Gasteiger charge is -2.10. The van der Waals surface area contributed by atoms with Gasteiger partial charge in [-0.1, -0.05) is 0 Å². The predicted molar refractivity (Wildman–Crippen MR) is 45.6 cm³/mol. The van der Waals surface area contributed by atoms with Crippen LogP contribution in [0.5, 0.6) is 0 Å². The lowest BCUT2D eigenvalue weighted by molar-refractivity contribution is 1.04. The van der Waals surface area contributed by atoms with E-state index in [-0.39, 0.29) is 0 Å². The number of nitrogens with one attached hydrogen (secondary N) is 1. The van der Waals surface area contributed by atoms with E-state index in [0.29, 0.717) is 5.82 Å². The summed E-state index contributed by atoms with van der Waals surface area (Å²) in [6.45, 7) is 0. The summed E-state index contributed by atoms with van der Waals surface area (Å²) in [6, 6.07) is 1.70. The highest BCUT2D eigenvalue weighted by Gasteiger charge is 1.98. The standard InChI is InChI=1S/C7H9N5/c1-12(2)7-3-6(9-4-8)10-5-11-7/h3,5H,1-2H3,(H,9,10,11). The molecule has 0 unspecified atom stereocenters. The van der Waals surface area contributed by atoms with Gasteiger partial charge >= 0.3 is 0 Å². The summed E-state index contributed by atoms with van der Waals surface area (Å²) >= 11 is 0. The summed E-state index contributed by atoms with van der Waals surface area (Å²) in [4.78, 5) is 9.66. The van der Waals surface area contributed by atoms with Crippen LogP contribution in [0.2, 0.25) is 0 Å². The van der Waals surface area contributed by atoms with Gasteiger partial charge in [0.25, 0.3) is 0 Å². The van der Waals surface area contributed by atoms with Gasteiger partial charge in [-0.25, -0.2) is 9.97 Å². The first kappa shape index (κ1) is 8.27. The average Bonchev–Trinajstić information content (AvgIpc) is 2.05. The van der Waals surface area contributed by atoms with E-state index in [1.807, 2.05) is 19.0 Å². The van der Waals surface area contributed by atoms with Gasteiger partial charge in [0.1, 0.15) is 18.0 Å². The molecule has 0 spiro atoms. The summed E-state index contributed by atoms with van der Waals surface area (Å²) < 4.78 is 0. The maximum Gasteiger partial charge on any atom is 0.182 e. The number of nitriles is 1. The molecule has 1 rings (SSSR count). The number of hydrogen-bond donors (Lipinski definition) is 1. The molecule has 0 amide bonds. The van der Waals surface area contributed by atoms with Crippen molar-refractivity contribution in [2.75, 3.05) is 24.3 Å². The highest BCUT2D eigenvalue weighted by atomic mass is 15.2. The Balaban J connectivity index is 2.90. The second kappa shape index (κ2) is 3.53. The molecule has 0 radical (unpaired) electrons. The number of anilines is 2. The Kier molecular flexibility index (Phi) is 2.43. The summed E-state index contributed by atoms with van der Waals surface area (Å²) in [5.41, 5.74) is 0. The molecule has 1 aromatic heterocycles. The van der Waals surface area contributed by atoms with Crippen LogP contribution in [0.3, 0.4) is 0 Å². The number of aromatic nitrogens is 2. The number of nitrogens with zero attached hydrogens (tertiary/aromatic N) is 4. The number of hydrogen-bond acceptors (Lipinski definition) is 5. The maximum absolute atomic E-state index is 8.31. The van der Waals surface area contributed by atoms with Gasteiger partial charge in [0.05, 0.1) is 0 Å². The average molecular weight is 163 g/mol. The van der Waals surface area contributed by atoms with Crippen molar-refractivity contribution in [3.05, 3.63) is 12.4 Å². The monoisotopic (exact) mass is 163 g/mol. The van der Waals surface area contributed by atoms with E-state index in [4.69, 9.17) is 5.26 Å². The molecule has 0 atom stereocenters. The normalized spacial score (nSPS) is 8.75. The molecule has 0 aliphatic carbocycles. The Morgan fingerprint density at radius 1 is 1.50 bits per heavy atom. The molecule has 62 valence electrons. The maximum atomic E-state index is 8.31. The van der Waals surface area contributed by atoms with Crippen molar-refractivity contribution in [2.24, 2.45) is 0 Å². The fourth-order valence-electron chi connectivity index (χ4n) is 0.717.